The summed E-state index contributed by atoms with van der Waals surface area (Å²) in [7, 11) is 0. The lowest BCUT2D eigenvalue weighted by molar-refractivity contribution is -0.122. The number of nitrogens with one attached hydrogen (secondary N) is 1. The Kier molecular flexibility index (Phi) is 2.83. The highest BCUT2D eigenvalue weighted by molar-refractivity contribution is 6.53. The zero-order valence-corrected chi connectivity index (χ0v) is 9.32. The molecule has 0 aliphatic carbocycles. The molecule has 17 heavy (non-hydrogen) atoms. The zero-order valence-electron chi connectivity index (χ0n) is 8.57. The van der Waals surface area contributed by atoms with Gasteiger partial charge in [0.05, 0.1) is 11.3 Å². The van der Waals surface area contributed by atoms with Crippen molar-refractivity contribution in [2.24, 2.45) is 5.84 Å². The quantitative estimate of drug-likeness (QED) is 0.332. The normalized spacial score (nSPS) is 13.9. The summed E-state index contributed by atoms with van der Waals surface area (Å²) in [6.45, 7) is -0.311. The lowest BCUT2D eigenvalue weighted by Gasteiger charge is -2.14. The van der Waals surface area contributed by atoms with Crippen molar-refractivity contribution in [1.29, 1.82) is 0 Å². The van der Waals surface area contributed by atoms with E-state index in [9.17, 15) is 14.4 Å². The van der Waals surface area contributed by atoms with E-state index in [2.05, 4.69) is 0 Å². The highest BCUT2D eigenvalue weighted by atomic mass is 35.5. The van der Waals surface area contributed by atoms with E-state index in [0.29, 0.717) is 10.7 Å². The van der Waals surface area contributed by atoms with Gasteiger partial charge in [0.1, 0.15) is 6.54 Å². The molecule has 1 aromatic carbocycles. The van der Waals surface area contributed by atoms with Crippen LogP contribution in [0.1, 0.15) is 10.4 Å². The summed E-state index contributed by atoms with van der Waals surface area (Å²) in [5, 5.41) is 0.379. The van der Waals surface area contributed by atoms with Crippen molar-refractivity contribution in [1.82, 2.24) is 5.43 Å². The lowest BCUT2D eigenvalue weighted by atomic mass is 10.1. The SMILES string of the molecule is NNC(=O)CN1C(=O)C(=O)c2ccc(Cl)cc21. The molecule has 0 bridgehead atoms. The molecule has 2 amide bonds. The third-order valence-electron chi connectivity index (χ3n) is 2.40. The maximum absolute atomic E-state index is 11.6. The Morgan fingerprint density at radius 1 is 1.41 bits per heavy atom. The van der Waals surface area contributed by atoms with Crippen LogP contribution in [0.15, 0.2) is 18.2 Å². The molecular formula is C10H8ClN3O3. The standard InChI is InChI=1S/C10H8ClN3O3/c11-5-1-2-6-7(3-5)14(4-8(15)13-12)10(17)9(6)16/h1-3H,4,12H2,(H,13,15). The molecule has 0 radical (unpaired) electrons. The van der Waals surface area contributed by atoms with Gasteiger partial charge in [-0.15, -0.1) is 0 Å². The minimum absolute atomic E-state index is 0.240. The van der Waals surface area contributed by atoms with Crippen LogP contribution >= 0.6 is 11.6 Å². The number of benzene rings is 1. The van der Waals surface area contributed by atoms with Gasteiger partial charge < -0.3 is 0 Å². The maximum Gasteiger partial charge on any atom is 0.299 e. The molecule has 88 valence electrons. The Balaban J connectivity index is 2.42. The second-order valence-corrected chi connectivity index (χ2v) is 3.89. The number of nitrogens with two attached hydrogens (primary N) is 1. The van der Waals surface area contributed by atoms with Gasteiger partial charge >= 0.3 is 0 Å². The molecule has 6 nitrogen and oxygen atoms in total. The number of hydrogen-bond donors (Lipinski definition) is 2. The number of fused-ring (bicyclic) bond motifs is 1. The van der Waals surface area contributed by atoms with Gasteiger partial charge in [-0.3, -0.25) is 24.7 Å². The Morgan fingerprint density at radius 3 is 2.76 bits per heavy atom. The number of rotatable bonds is 2. The highest BCUT2D eigenvalue weighted by Crippen LogP contribution is 2.31. The number of ketones is 1. The molecule has 0 fully saturated rings. The first-order chi connectivity index (χ1) is 8.04. The van der Waals surface area contributed by atoms with Gasteiger partial charge in [-0.25, -0.2) is 5.84 Å². The van der Waals surface area contributed by atoms with Crippen molar-refractivity contribution < 1.29 is 14.4 Å². The van der Waals surface area contributed by atoms with Crippen LogP contribution in [-0.2, 0) is 9.59 Å². The average Bonchev–Trinajstić information content (AvgIpc) is 2.54. The summed E-state index contributed by atoms with van der Waals surface area (Å²) >= 11 is 5.78. The number of nitrogens with zero attached hydrogens (tertiary/aromatic N) is 1. The minimum Gasteiger partial charge on any atom is -0.295 e. The fourth-order valence-corrected chi connectivity index (χ4v) is 1.78. The fraction of sp³-hybridized carbons (Fsp3) is 0.100. The third-order valence-corrected chi connectivity index (χ3v) is 2.63. The van der Waals surface area contributed by atoms with Gasteiger partial charge in [-0.1, -0.05) is 11.6 Å². The topological polar surface area (TPSA) is 92.5 Å². The number of hydrogen-bond acceptors (Lipinski definition) is 4. The number of halogens is 1. The predicted molar refractivity (Wildman–Crippen MR) is 60.5 cm³/mol. The predicted octanol–water partition coefficient (Wildman–Crippen LogP) is -0.141. The lowest BCUT2D eigenvalue weighted by Crippen LogP contribution is -2.42. The minimum atomic E-state index is -0.758. The van der Waals surface area contributed by atoms with Crippen LogP contribution in [0, 0.1) is 0 Å². The number of hydrazine groups is 1. The largest absolute Gasteiger partial charge is 0.299 e. The van der Waals surface area contributed by atoms with E-state index in [4.69, 9.17) is 17.4 Å². The number of anilines is 1. The van der Waals surface area contributed by atoms with Gasteiger partial charge in [-0.05, 0) is 18.2 Å². The van der Waals surface area contributed by atoms with E-state index in [-0.39, 0.29) is 12.1 Å². The molecule has 1 aliphatic rings. The van der Waals surface area contributed by atoms with E-state index < -0.39 is 17.6 Å². The van der Waals surface area contributed by atoms with Gasteiger partial charge in [0.25, 0.3) is 17.6 Å². The molecule has 0 aromatic heterocycles. The Labute approximate surface area is 101 Å². The molecule has 1 aliphatic heterocycles. The smallest absolute Gasteiger partial charge is 0.295 e. The molecule has 7 heteroatoms. The zero-order chi connectivity index (χ0) is 12.6. The van der Waals surface area contributed by atoms with Gasteiger partial charge in [0.2, 0.25) is 0 Å². The highest BCUT2D eigenvalue weighted by Gasteiger charge is 2.36. The van der Waals surface area contributed by atoms with Crippen LogP contribution in [0.2, 0.25) is 5.02 Å². The first-order valence-electron chi connectivity index (χ1n) is 4.70. The van der Waals surface area contributed by atoms with E-state index in [1.54, 1.807) is 0 Å². The van der Waals surface area contributed by atoms with Gasteiger partial charge in [0.15, 0.2) is 0 Å². The van der Waals surface area contributed by atoms with Crippen molar-refractivity contribution in [2.75, 3.05) is 11.4 Å². The van der Waals surface area contributed by atoms with Crippen LogP contribution in [0.3, 0.4) is 0 Å². The van der Waals surface area contributed by atoms with Crippen molar-refractivity contribution in [3.63, 3.8) is 0 Å². The second kappa shape index (κ2) is 4.15. The summed E-state index contributed by atoms with van der Waals surface area (Å²) in [5.74, 6) is 2.95. The molecule has 1 heterocycles. The summed E-state index contributed by atoms with van der Waals surface area (Å²) in [5.41, 5.74) is 2.47. The summed E-state index contributed by atoms with van der Waals surface area (Å²) in [6.07, 6.45) is 0. The van der Waals surface area contributed by atoms with E-state index in [1.165, 1.54) is 18.2 Å². The van der Waals surface area contributed by atoms with Crippen molar-refractivity contribution in [2.45, 2.75) is 0 Å². The van der Waals surface area contributed by atoms with Crippen molar-refractivity contribution in [3.05, 3.63) is 28.8 Å². The van der Waals surface area contributed by atoms with Gasteiger partial charge in [0, 0.05) is 5.02 Å². The Hall–Kier alpha value is -1.92. The van der Waals surface area contributed by atoms with E-state index in [0.717, 1.165) is 4.90 Å². The van der Waals surface area contributed by atoms with Crippen LogP contribution < -0.4 is 16.2 Å². The molecule has 1 aromatic rings. The molecule has 0 saturated carbocycles. The Morgan fingerprint density at radius 2 is 2.12 bits per heavy atom. The Bertz CT molecular complexity index is 530. The molecular weight excluding hydrogens is 246 g/mol. The molecule has 2 rings (SSSR count). The van der Waals surface area contributed by atoms with Crippen molar-refractivity contribution >= 4 is 34.9 Å². The molecule has 0 atom stereocenters. The first-order valence-corrected chi connectivity index (χ1v) is 5.07. The number of carbonyl (C=O) groups excluding carboxylic acids is 3. The molecule has 0 saturated heterocycles. The number of carbonyl (C=O) groups is 3. The van der Waals surface area contributed by atoms with Crippen LogP contribution in [-0.4, -0.2) is 24.1 Å². The molecule has 0 unspecified atom stereocenters. The second-order valence-electron chi connectivity index (χ2n) is 3.45. The monoisotopic (exact) mass is 253 g/mol. The van der Waals surface area contributed by atoms with E-state index in [1.807, 2.05) is 5.43 Å². The third kappa shape index (κ3) is 1.88. The van der Waals surface area contributed by atoms with Crippen LogP contribution in [0.4, 0.5) is 5.69 Å². The number of amides is 2. The first kappa shape index (κ1) is 11.6. The molecule has 0 spiro atoms. The van der Waals surface area contributed by atoms with E-state index >= 15 is 0 Å². The van der Waals surface area contributed by atoms with Crippen molar-refractivity contribution in [3.8, 4) is 0 Å². The van der Waals surface area contributed by atoms with Crippen LogP contribution in [0.5, 0.6) is 0 Å². The number of Topliss-reactive ketones (excluding diaryl/α,β-unsaturated/α-hetero) is 1. The summed E-state index contributed by atoms with van der Waals surface area (Å²) in [4.78, 5) is 35.4. The maximum atomic E-state index is 11.6. The fourth-order valence-electron chi connectivity index (χ4n) is 1.61. The summed E-state index contributed by atoms with van der Waals surface area (Å²) in [6, 6.07) is 4.43. The van der Waals surface area contributed by atoms with Gasteiger partial charge in [-0.2, -0.15) is 0 Å². The summed E-state index contributed by atoms with van der Waals surface area (Å²) < 4.78 is 0. The van der Waals surface area contributed by atoms with Crippen LogP contribution in [0.25, 0.3) is 0 Å². The average molecular weight is 254 g/mol. The molecule has 3 N–H and O–H groups in total.